The fourth-order valence-corrected chi connectivity index (χ4v) is 2.11. The molecule has 0 heterocycles. The predicted molar refractivity (Wildman–Crippen MR) is 85.1 cm³/mol. The summed E-state index contributed by atoms with van der Waals surface area (Å²) in [6, 6.07) is 16.1. The van der Waals surface area contributed by atoms with Crippen LogP contribution in [0.3, 0.4) is 0 Å². The van der Waals surface area contributed by atoms with Gasteiger partial charge in [0.15, 0.2) is 0 Å². The maximum absolute atomic E-state index is 9.01. The van der Waals surface area contributed by atoms with E-state index in [1.165, 1.54) is 11.1 Å². The zero-order chi connectivity index (χ0) is 15.1. The maximum Gasteiger partial charge on any atom is 0.120 e. The van der Waals surface area contributed by atoms with E-state index in [1.807, 2.05) is 50.2 Å². The first-order chi connectivity index (χ1) is 10.2. The summed E-state index contributed by atoms with van der Waals surface area (Å²) in [5, 5.41) is 12.4. The average molecular weight is 285 g/mol. The number of ether oxygens (including phenoxy) is 1. The van der Waals surface area contributed by atoms with Gasteiger partial charge in [0.05, 0.1) is 12.7 Å². The molecule has 0 saturated heterocycles. The lowest BCUT2D eigenvalue weighted by molar-refractivity contribution is 0.242. The van der Waals surface area contributed by atoms with Gasteiger partial charge in [0.2, 0.25) is 0 Å². The normalized spacial score (nSPS) is 10.9. The monoisotopic (exact) mass is 285 g/mol. The van der Waals surface area contributed by atoms with Gasteiger partial charge in [0.25, 0.3) is 0 Å². The number of benzene rings is 2. The number of hydrogen-bond acceptors (Lipinski definition) is 3. The number of hydrogen-bond donors (Lipinski definition) is 2. The molecule has 112 valence electrons. The third-order valence-electron chi connectivity index (χ3n) is 3.13. The van der Waals surface area contributed by atoms with Crippen molar-refractivity contribution >= 4 is 0 Å². The predicted octanol–water partition coefficient (Wildman–Crippen LogP) is 3.26. The molecule has 0 bridgehead atoms. The summed E-state index contributed by atoms with van der Waals surface area (Å²) in [5.41, 5.74) is 3.36. The molecule has 0 aliphatic heterocycles. The molecule has 21 heavy (non-hydrogen) atoms. The fourth-order valence-electron chi connectivity index (χ4n) is 2.11. The topological polar surface area (TPSA) is 41.5 Å². The Bertz CT molecular complexity index is 549. The van der Waals surface area contributed by atoms with E-state index in [4.69, 9.17) is 9.84 Å². The van der Waals surface area contributed by atoms with E-state index in [2.05, 4.69) is 17.4 Å². The van der Waals surface area contributed by atoms with Crippen LogP contribution in [0.1, 0.15) is 30.5 Å². The second-order valence-electron chi connectivity index (χ2n) is 5.39. The van der Waals surface area contributed by atoms with Crippen LogP contribution >= 0.6 is 0 Å². The largest absolute Gasteiger partial charge is 0.491 e. The Morgan fingerprint density at radius 2 is 1.62 bits per heavy atom. The molecule has 0 amide bonds. The molecule has 0 aliphatic rings. The molecule has 2 aromatic rings. The van der Waals surface area contributed by atoms with Crippen LogP contribution < -0.4 is 10.1 Å². The van der Waals surface area contributed by atoms with Crippen molar-refractivity contribution in [1.29, 1.82) is 0 Å². The van der Waals surface area contributed by atoms with Crippen LogP contribution in [-0.2, 0) is 19.7 Å². The highest BCUT2D eigenvalue weighted by Gasteiger charge is 2.00. The first-order valence-corrected chi connectivity index (χ1v) is 7.32. The van der Waals surface area contributed by atoms with Crippen LogP contribution in [0, 0.1) is 0 Å². The van der Waals surface area contributed by atoms with E-state index in [0.717, 1.165) is 24.4 Å². The summed E-state index contributed by atoms with van der Waals surface area (Å²) in [6.45, 7) is 5.76. The van der Waals surface area contributed by atoms with E-state index in [9.17, 15) is 0 Å². The Hall–Kier alpha value is -1.84. The molecule has 2 rings (SSSR count). The van der Waals surface area contributed by atoms with Crippen molar-refractivity contribution in [3.05, 3.63) is 65.2 Å². The summed E-state index contributed by atoms with van der Waals surface area (Å²) in [4.78, 5) is 0. The number of nitrogens with one attached hydrogen (secondary N) is 1. The first kappa shape index (κ1) is 15.5. The number of aliphatic hydroxyl groups excluding tert-OH is 1. The Morgan fingerprint density at radius 3 is 2.29 bits per heavy atom. The van der Waals surface area contributed by atoms with Crippen LogP contribution in [0.15, 0.2) is 48.5 Å². The molecule has 0 aliphatic carbocycles. The molecule has 3 nitrogen and oxygen atoms in total. The van der Waals surface area contributed by atoms with Crippen molar-refractivity contribution < 1.29 is 9.84 Å². The molecule has 0 atom stereocenters. The zero-order valence-electron chi connectivity index (χ0n) is 12.7. The van der Waals surface area contributed by atoms with Gasteiger partial charge in [-0.05, 0) is 42.7 Å². The van der Waals surface area contributed by atoms with Crippen LogP contribution in [0.5, 0.6) is 5.75 Å². The zero-order valence-corrected chi connectivity index (χ0v) is 12.7. The second kappa shape index (κ2) is 7.81. The highest BCUT2D eigenvalue weighted by molar-refractivity contribution is 5.28. The van der Waals surface area contributed by atoms with Crippen LogP contribution in [-0.4, -0.2) is 11.2 Å². The van der Waals surface area contributed by atoms with Gasteiger partial charge < -0.3 is 15.2 Å². The van der Waals surface area contributed by atoms with Crippen molar-refractivity contribution in [3.63, 3.8) is 0 Å². The highest BCUT2D eigenvalue weighted by atomic mass is 16.5. The molecule has 2 N–H and O–H groups in total. The van der Waals surface area contributed by atoms with E-state index in [-0.39, 0.29) is 12.7 Å². The lowest BCUT2D eigenvalue weighted by atomic mass is 10.1. The summed E-state index contributed by atoms with van der Waals surface area (Å²) < 4.78 is 5.69. The van der Waals surface area contributed by atoms with E-state index < -0.39 is 0 Å². The van der Waals surface area contributed by atoms with Gasteiger partial charge in [-0.1, -0.05) is 36.4 Å². The molecule has 3 heteroatoms. The first-order valence-electron chi connectivity index (χ1n) is 7.32. The number of rotatable bonds is 7. The average Bonchev–Trinajstić information content (AvgIpc) is 2.48. The molecule has 0 saturated carbocycles. The van der Waals surface area contributed by atoms with E-state index >= 15 is 0 Å². The lowest BCUT2D eigenvalue weighted by Crippen LogP contribution is -2.13. The van der Waals surface area contributed by atoms with E-state index in [1.54, 1.807) is 0 Å². The van der Waals surface area contributed by atoms with Gasteiger partial charge in [0.1, 0.15) is 5.75 Å². The SMILES string of the molecule is CC(C)Oc1cccc(CNCc2ccc(CO)cc2)c1. The van der Waals surface area contributed by atoms with Gasteiger partial charge in [-0.15, -0.1) is 0 Å². The molecule has 0 spiro atoms. The molecule has 0 radical (unpaired) electrons. The smallest absolute Gasteiger partial charge is 0.120 e. The summed E-state index contributed by atoms with van der Waals surface area (Å²) >= 11 is 0. The molecule has 0 aromatic heterocycles. The minimum atomic E-state index is 0.0936. The minimum absolute atomic E-state index is 0.0936. The molecular weight excluding hydrogens is 262 g/mol. The standard InChI is InChI=1S/C18H23NO2/c1-14(2)21-18-5-3-4-17(10-18)12-19-11-15-6-8-16(13-20)9-7-15/h3-10,14,19-20H,11-13H2,1-2H3. The quantitative estimate of drug-likeness (QED) is 0.820. The van der Waals surface area contributed by atoms with Gasteiger partial charge in [-0.2, -0.15) is 0 Å². The van der Waals surface area contributed by atoms with Crippen molar-refractivity contribution in [3.8, 4) is 5.75 Å². The van der Waals surface area contributed by atoms with Crippen LogP contribution in [0.2, 0.25) is 0 Å². The maximum atomic E-state index is 9.01. The third kappa shape index (κ3) is 5.21. The number of aliphatic hydroxyl groups is 1. The fraction of sp³-hybridized carbons (Fsp3) is 0.333. The third-order valence-corrected chi connectivity index (χ3v) is 3.13. The van der Waals surface area contributed by atoms with Gasteiger partial charge in [-0.3, -0.25) is 0 Å². The highest BCUT2D eigenvalue weighted by Crippen LogP contribution is 2.15. The lowest BCUT2D eigenvalue weighted by Gasteiger charge is -2.11. The van der Waals surface area contributed by atoms with Crippen molar-refractivity contribution in [2.45, 2.75) is 39.6 Å². The molecule has 2 aromatic carbocycles. The van der Waals surface area contributed by atoms with Crippen LogP contribution in [0.25, 0.3) is 0 Å². The second-order valence-corrected chi connectivity index (χ2v) is 5.39. The Labute approximate surface area is 126 Å². The van der Waals surface area contributed by atoms with Gasteiger partial charge in [0, 0.05) is 13.1 Å². The van der Waals surface area contributed by atoms with Gasteiger partial charge in [-0.25, -0.2) is 0 Å². The summed E-state index contributed by atoms with van der Waals surface area (Å²) in [7, 11) is 0. The Balaban J connectivity index is 1.85. The van der Waals surface area contributed by atoms with Crippen LogP contribution in [0.4, 0.5) is 0 Å². The Morgan fingerprint density at radius 1 is 0.952 bits per heavy atom. The summed E-state index contributed by atoms with van der Waals surface area (Å²) in [6.07, 6.45) is 0.193. The van der Waals surface area contributed by atoms with Crippen molar-refractivity contribution in [2.24, 2.45) is 0 Å². The van der Waals surface area contributed by atoms with Crippen molar-refractivity contribution in [2.75, 3.05) is 0 Å². The Kier molecular flexibility index (Phi) is 5.78. The summed E-state index contributed by atoms with van der Waals surface area (Å²) in [5.74, 6) is 0.914. The minimum Gasteiger partial charge on any atom is -0.491 e. The molecule has 0 fully saturated rings. The van der Waals surface area contributed by atoms with Crippen molar-refractivity contribution in [1.82, 2.24) is 5.32 Å². The van der Waals surface area contributed by atoms with Gasteiger partial charge >= 0.3 is 0 Å². The van der Waals surface area contributed by atoms with E-state index in [0.29, 0.717) is 0 Å². The molecule has 0 unspecified atom stereocenters. The molecular formula is C18H23NO2.